The van der Waals surface area contributed by atoms with Crippen molar-refractivity contribution < 1.29 is 14.3 Å². The molecule has 0 unspecified atom stereocenters. The number of hydrogen-bond donors (Lipinski definition) is 2. The van der Waals surface area contributed by atoms with Gasteiger partial charge in [-0.05, 0) is 24.5 Å². The molecule has 0 saturated heterocycles. The van der Waals surface area contributed by atoms with Gasteiger partial charge in [-0.3, -0.25) is 9.59 Å². The van der Waals surface area contributed by atoms with Crippen LogP contribution >= 0.6 is 0 Å². The molecule has 1 atom stereocenters. The molecule has 0 saturated carbocycles. The Balaban J connectivity index is 2.86. The van der Waals surface area contributed by atoms with Gasteiger partial charge in [0, 0.05) is 0 Å². The molecule has 1 aromatic carbocycles. The average molecular weight is 303 g/mol. The highest BCUT2D eigenvalue weighted by molar-refractivity contribution is 5.99. The molecule has 1 aromatic rings. The highest BCUT2D eigenvalue weighted by Gasteiger charge is 2.23. The number of rotatable bonds is 7. The first-order chi connectivity index (χ1) is 10.5. The smallest absolute Gasteiger partial charge is 0.255 e. The van der Waals surface area contributed by atoms with E-state index in [4.69, 9.17) is 10.00 Å². The molecule has 22 heavy (non-hydrogen) atoms. The SMILES string of the molecule is COc1ccccc1C(=O)N[C@@H](CC(C)C)C(=O)NCC#N. The molecule has 118 valence electrons. The summed E-state index contributed by atoms with van der Waals surface area (Å²) in [5.41, 5.74) is 0.367. The molecular weight excluding hydrogens is 282 g/mol. The monoisotopic (exact) mass is 303 g/mol. The Labute approximate surface area is 130 Å². The number of nitrogens with one attached hydrogen (secondary N) is 2. The second-order valence-electron chi connectivity index (χ2n) is 5.23. The zero-order valence-corrected chi connectivity index (χ0v) is 13.1. The molecule has 6 nitrogen and oxygen atoms in total. The van der Waals surface area contributed by atoms with E-state index in [0.29, 0.717) is 17.7 Å². The Hall–Kier alpha value is -2.55. The van der Waals surface area contributed by atoms with Crippen LogP contribution in [0, 0.1) is 17.2 Å². The normalized spacial score (nSPS) is 11.4. The van der Waals surface area contributed by atoms with Crippen LogP contribution in [-0.4, -0.2) is 31.5 Å². The lowest BCUT2D eigenvalue weighted by Crippen LogP contribution is -2.47. The van der Waals surface area contributed by atoms with Crippen LogP contribution < -0.4 is 15.4 Å². The number of carbonyl (C=O) groups is 2. The maximum Gasteiger partial charge on any atom is 0.255 e. The van der Waals surface area contributed by atoms with Gasteiger partial charge in [0.25, 0.3) is 5.91 Å². The lowest BCUT2D eigenvalue weighted by Gasteiger charge is -2.20. The zero-order valence-electron chi connectivity index (χ0n) is 13.1. The van der Waals surface area contributed by atoms with Crippen molar-refractivity contribution in [1.29, 1.82) is 5.26 Å². The van der Waals surface area contributed by atoms with E-state index >= 15 is 0 Å². The summed E-state index contributed by atoms with van der Waals surface area (Å²) >= 11 is 0. The Kier molecular flexibility index (Phi) is 6.90. The van der Waals surface area contributed by atoms with Gasteiger partial charge in [-0.2, -0.15) is 5.26 Å². The number of benzene rings is 1. The van der Waals surface area contributed by atoms with Crippen molar-refractivity contribution in [2.24, 2.45) is 5.92 Å². The van der Waals surface area contributed by atoms with Crippen LogP contribution in [0.4, 0.5) is 0 Å². The van der Waals surface area contributed by atoms with Crippen molar-refractivity contribution in [3.8, 4) is 11.8 Å². The second kappa shape index (κ2) is 8.67. The largest absolute Gasteiger partial charge is 0.496 e. The highest BCUT2D eigenvalue weighted by Crippen LogP contribution is 2.17. The summed E-state index contributed by atoms with van der Waals surface area (Å²) in [6.07, 6.45) is 0.484. The fourth-order valence-corrected chi connectivity index (χ4v) is 2.02. The molecule has 0 aliphatic carbocycles. The van der Waals surface area contributed by atoms with E-state index in [9.17, 15) is 9.59 Å². The Morgan fingerprint density at radius 3 is 2.59 bits per heavy atom. The number of methoxy groups -OCH3 is 1. The number of carbonyl (C=O) groups excluding carboxylic acids is 2. The van der Waals surface area contributed by atoms with Crippen molar-refractivity contribution in [2.45, 2.75) is 26.3 Å². The van der Waals surface area contributed by atoms with Gasteiger partial charge in [-0.15, -0.1) is 0 Å². The first-order valence-corrected chi connectivity index (χ1v) is 7.08. The number of nitriles is 1. The van der Waals surface area contributed by atoms with Crippen LogP contribution in [0.3, 0.4) is 0 Å². The summed E-state index contributed by atoms with van der Waals surface area (Å²) in [7, 11) is 1.48. The molecule has 0 bridgehead atoms. The van der Waals surface area contributed by atoms with Gasteiger partial charge >= 0.3 is 0 Å². The zero-order chi connectivity index (χ0) is 16.5. The van der Waals surface area contributed by atoms with Crippen LogP contribution in [-0.2, 0) is 4.79 Å². The molecule has 2 amide bonds. The van der Waals surface area contributed by atoms with Crippen LogP contribution in [0.5, 0.6) is 5.75 Å². The molecule has 0 aliphatic rings. The topological polar surface area (TPSA) is 91.2 Å². The van der Waals surface area contributed by atoms with E-state index in [2.05, 4.69) is 10.6 Å². The van der Waals surface area contributed by atoms with Crippen LogP contribution in [0.15, 0.2) is 24.3 Å². The summed E-state index contributed by atoms with van der Waals surface area (Å²) in [5, 5.41) is 13.7. The van der Waals surface area contributed by atoms with E-state index in [1.807, 2.05) is 19.9 Å². The fraction of sp³-hybridized carbons (Fsp3) is 0.438. The first kappa shape index (κ1) is 17.5. The van der Waals surface area contributed by atoms with Gasteiger partial charge in [-0.25, -0.2) is 0 Å². The third-order valence-electron chi connectivity index (χ3n) is 3.02. The van der Waals surface area contributed by atoms with Gasteiger partial charge in [-0.1, -0.05) is 26.0 Å². The molecule has 0 fully saturated rings. The van der Waals surface area contributed by atoms with Crippen LogP contribution in [0.1, 0.15) is 30.6 Å². The second-order valence-corrected chi connectivity index (χ2v) is 5.23. The summed E-state index contributed by atoms with van der Waals surface area (Å²) in [5.74, 6) is -0.0785. The van der Waals surface area contributed by atoms with Gasteiger partial charge < -0.3 is 15.4 Å². The van der Waals surface area contributed by atoms with Gasteiger partial charge in [0.15, 0.2) is 0 Å². The van der Waals surface area contributed by atoms with E-state index in [1.165, 1.54) is 7.11 Å². The third-order valence-corrected chi connectivity index (χ3v) is 3.02. The number of amides is 2. The van der Waals surface area contributed by atoms with E-state index in [0.717, 1.165) is 0 Å². The Morgan fingerprint density at radius 2 is 2.00 bits per heavy atom. The van der Waals surface area contributed by atoms with Gasteiger partial charge in [0.1, 0.15) is 18.3 Å². The summed E-state index contributed by atoms with van der Waals surface area (Å²) in [6, 6.07) is 7.96. The molecular formula is C16H21N3O3. The van der Waals surface area contributed by atoms with Gasteiger partial charge in [0.05, 0.1) is 18.7 Å². The molecule has 0 aromatic heterocycles. The third kappa shape index (κ3) is 5.09. The van der Waals surface area contributed by atoms with Crippen molar-refractivity contribution in [3.05, 3.63) is 29.8 Å². The Morgan fingerprint density at radius 1 is 1.32 bits per heavy atom. The molecule has 0 heterocycles. The maximum atomic E-state index is 12.4. The lowest BCUT2D eigenvalue weighted by atomic mass is 10.0. The van der Waals surface area contributed by atoms with E-state index in [1.54, 1.807) is 24.3 Å². The number of nitrogens with zero attached hydrogens (tertiary/aromatic N) is 1. The lowest BCUT2D eigenvalue weighted by molar-refractivity contribution is -0.123. The average Bonchev–Trinajstić information content (AvgIpc) is 2.51. The van der Waals surface area contributed by atoms with E-state index < -0.39 is 6.04 Å². The van der Waals surface area contributed by atoms with Crippen molar-refractivity contribution >= 4 is 11.8 Å². The number of ether oxygens (including phenoxy) is 1. The summed E-state index contributed by atoms with van der Waals surface area (Å²) < 4.78 is 5.15. The summed E-state index contributed by atoms with van der Waals surface area (Å²) in [6.45, 7) is 3.83. The standard InChI is InChI=1S/C16H21N3O3/c1-11(2)10-13(16(21)18-9-8-17)19-15(20)12-6-4-5-7-14(12)22-3/h4-7,11,13H,9-10H2,1-3H3,(H,18,21)(H,19,20)/t13-/m0/s1. The van der Waals surface area contributed by atoms with Crippen LogP contribution in [0.2, 0.25) is 0 Å². The van der Waals surface area contributed by atoms with Crippen molar-refractivity contribution in [2.75, 3.05) is 13.7 Å². The number of para-hydroxylation sites is 1. The highest BCUT2D eigenvalue weighted by atomic mass is 16.5. The predicted molar refractivity (Wildman–Crippen MR) is 82.3 cm³/mol. The van der Waals surface area contributed by atoms with Crippen LogP contribution in [0.25, 0.3) is 0 Å². The fourth-order valence-electron chi connectivity index (χ4n) is 2.02. The minimum atomic E-state index is -0.689. The van der Waals surface area contributed by atoms with E-state index in [-0.39, 0.29) is 24.3 Å². The van der Waals surface area contributed by atoms with Crippen molar-refractivity contribution in [3.63, 3.8) is 0 Å². The molecule has 2 N–H and O–H groups in total. The first-order valence-electron chi connectivity index (χ1n) is 7.08. The molecule has 6 heteroatoms. The minimum Gasteiger partial charge on any atom is -0.496 e. The molecule has 0 spiro atoms. The predicted octanol–water partition coefficient (Wildman–Crippen LogP) is 1.48. The quantitative estimate of drug-likeness (QED) is 0.746. The Bertz CT molecular complexity index is 564. The maximum absolute atomic E-state index is 12.4. The summed E-state index contributed by atoms with van der Waals surface area (Å²) in [4.78, 5) is 24.4. The van der Waals surface area contributed by atoms with Gasteiger partial charge in [0.2, 0.25) is 5.91 Å². The molecule has 0 radical (unpaired) electrons. The number of hydrogen-bond acceptors (Lipinski definition) is 4. The minimum absolute atomic E-state index is 0.0854. The molecule has 1 rings (SSSR count). The van der Waals surface area contributed by atoms with Crippen molar-refractivity contribution in [1.82, 2.24) is 10.6 Å². The molecule has 0 aliphatic heterocycles.